The summed E-state index contributed by atoms with van der Waals surface area (Å²) in [6, 6.07) is 15.0. The van der Waals surface area contributed by atoms with E-state index in [9.17, 15) is 4.79 Å². The molecule has 0 saturated carbocycles. The van der Waals surface area contributed by atoms with Crippen LogP contribution in [0.1, 0.15) is 34.5 Å². The number of H-pyrrole nitrogens is 1. The summed E-state index contributed by atoms with van der Waals surface area (Å²) in [5, 5.41) is 5.57. The van der Waals surface area contributed by atoms with Gasteiger partial charge < -0.3 is 0 Å². The normalized spacial score (nSPS) is 19.5. The molecule has 1 saturated heterocycles. The number of fused-ring (bicyclic) bond motifs is 2. The third-order valence-electron chi connectivity index (χ3n) is 6.60. The Bertz CT molecular complexity index is 1010. The van der Waals surface area contributed by atoms with Crippen molar-refractivity contribution in [3.63, 3.8) is 0 Å². The number of aromatic amines is 1. The van der Waals surface area contributed by atoms with Gasteiger partial charge in [0, 0.05) is 49.2 Å². The van der Waals surface area contributed by atoms with Gasteiger partial charge in [0.05, 0.1) is 5.56 Å². The van der Waals surface area contributed by atoms with Crippen LogP contribution in [0.3, 0.4) is 0 Å². The van der Waals surface area contributed by atoms with E-state index in [4.69, 9.17) is 0 Å². The number of hydrogen-bond donors (Lipinski definition) is 1. The summed E-state index contributed by atoms with van der Waals surface area (Å²) in [5.41, 5.74) is 3.75. The molecule has 1 aromatic carbocycles. The van der Waals surface area contributed by atoms with Gasteiger partial charge in [0.1, 0.15) is 0 Å². The summed E-state index contributed by atoms with van der Waals surface area (Å²) in [7, 11) is 1.85. The lowest BCUT2D eigenvalue weighted by Gasteiger charge is -2.47. The summed E-state index contributed by atoms with van der Waals surface area (Å²) >= 11 is 1.80. The van der Waals surface area contributed by atoms with Crippen LogP contribution in [0.4, 0.5) is 0 Å². The maximum Gasteiger partial charge on any atom is 0.271 e. The number of hydrogen-bond acceptors (Lipinski definition) is 4. The average molecular weight is 409 g/mol. The maximum absolute atomic E-state index is 12.8. The van der Waals surface area contributed by atoms with E-state index in [1.807, 2.05) is 7.05 Å². The molecule has 5 nitrogen and oxygen atoms in total. The number of nitrogens with zero attached hydrogens (tertiary/aromatic N) is 3. The lowest BCUT2D eigenvalue weighted by Crippen LogP contribution is -2.52. The number of benzene rings is 1. The average Bonchev–Trinajstić information content (AvgIpc) is 3.34. The highest BCUT2D eigenvalue weighted by molar-refractivity contribution is 7.09. The molecule has 5 rings (SSSR count). The smallest absolute Gasteiger partial charge is 0.271 e. The minimum atomic E-state index is 0.0540. The van der Waals surface area contributed by atoms with Crippen LogP contribution in [-0.4, -0.2) is 39.2 Å². The Morgan fingerprint density at radius 1 is 1.03 bits per heavy atom. The number of aromatic nitrogens is 2. The van der Waals surface area contributed by atoms with Crippen molar-refractivity contribution in [3.8, 4) is 0 Å². The topological polar surface area (TPSA) is 44.3 Å². The third-order valence-corrected chi connectivity index (χ3v) is 7.47. The van der Waals surface area contributed by atoms with Gasteiger partial charge in [0.15, 0.2) is 0 Å². The summed E-state index contributed by atoms with van der Waals surface area (Å²) in [5.74, 6) is 0. The van der Waals surface area contributed by atoms with Crippen LogP contribution >= 0.6 is 11.3 Å². The van der Waals surface area contributed by atoms with Gasteiger partial charge in [-0.15, -0.1) is 11.3 Å². The van der Waals surface area contributed by atoms with Crippen LogP contribution < -0.4 is 5.56 Å². The van der Waals surface area contributed by atoms with Gasteiger partial charge in [0.2, 0.25) is 0 Å². The van der Waals surface area contributed by atoms with Gasteiger partial charge in [-0.05, 0) is 42.9 Å². The third kappa shape index (κ3) is 3.61. The Balaban J connectivity index is 1.38. The Labute approximate surface area is 175 Å². The molecule has 1 fully saturated rings. The predicted octanol–water partition coefficient (Wildman–Crippen LogP) is 3.32. The SMILES string of the molecule is Cn1[nH]c2c(c1=O)CN(Cc1cccs1)CC21CCN(Cc2ccccc2)CC1. The van der Waals surface area contributed by atoms with Crippen LogP contribution in [0.5, 0.6) is 0 Å². The zero-order valence-electron chi connectivity index (χ0n) is 16.9. The minimum absolute atomic E-state index is 0.0540. The number of aryl methyl sites for hydroxylation is 1. The van der Waals surface area contributed by atoms with Crippen molar-refractivity contribution >= 4 is 11.3 Å². The summed E-state index contributed by atoms with van der Waals surface area (Å²) in [6.45, 7) is 5.85. The van der Waals surface area contributed by atoms with E-state index in [1.165, 1.54) is 16.1 Å². The second-order valence-electron chi connectivity index (χ2n) is 8.60. The summed E-state index contributed by atoms with van der Waals surface area (Å²) < 4.78 is 1.68. The first kappa shape index (κ1) is 18.9. The number of likely N-dealkylation sites (tertiary alicyclic amines) is 1. The summed E-state index contributed by atoms with van der Waals surface area (Å²) in [6.07, 6.45) is 2.18. The standard InChI is InChI=1S/C23H28N4OS/c1-25-22(28)20-16-27(15-19-8-5-13-29-19)17-23(21(20)24-25)9-11-26(12-10-23)14-18-6-3-2-4-7-18/h2-8,13,24H,9-12,14-17H2,1H3. The van der Waals surface area contributed by atoms with Crippen molar-refractivity contribution in [2.24, 2.45) is 7.05 Å². The molecule has 0 radical (unpaired) electrons. The zero-order chi connectivity index (χ0) is 19.8. The Hall–Kier alpha value is -2.15. The predicted molar refractivity (Wildman–Crippen MR) is 117 cm³/mol. The van der Waals surface area contributed by atoms with Crippen molar-refractivity contribution < 1.29 is 0 Å². The molecule has 152 valence electrons. The van der Waals surface area contributed by atoms with E-state index >= 15 is 0 Å². The zero-order valence-corrected chi connectivity index (χ0v) is 17.8. The first-order valence-electron chi connectivity index (χ1n) is 10.4. The highest BCUT2D eigenvalue weighted by atomic mass is 32.1. The molecule has 1 N–H and O–H groups in total. The molecule has 2 aliphatic rings. The fraction of sp³-hybridized carbons (Fsp3) is 0.435. The van der Waals surface area contributed by atoms with Gasteiger partial charge >= 0.3 is 0 Å². The monoisotopic (exact) mass is 408 g/mol. The van der Waals surface area contributed by atoms with E-state index in [0.717, 1.165) is 57.7 Å². The Morgan fingerprint density at radius 3 is 2.55 bits per heavy atom. The summed E-state index contributed by atoms with van der Waals surface area (Å²) in [4.78, 5) is 19.2. The van der Waals surface area contributed by atoms with Gasteiger partial charge in [0.25, 0.3) is 5.56 Å². The van der Waals surface area contributed by atoms with Crippen LogP contribution in [0.15, 0.2) is 52.6 Å². The number of thiophene rings is 1. The fourth-order valence-corrected chi connectivity index (χ4v) is 5.84. The number of nitrogens with one attached hydrogen (secondary N) is 1. The first-order chi connectivity index (χ1) is 14.1. The van der Waals surface area contributed by atoms with Gasteiger partial charge in [-0.1, -0.05) is 36.4 Å². The molecule has 0 bridgehead atoms. The van der Waals surface area contributed by atoms with E-state index in [0.29, 0.717) is 0 Å². The molecule has 0 amide bonds. The minimum Gasteiger partial charge on any atom is -0.299 e. The largest absolute Gasteiger partial charge is 0.299 e. The van der Waals surface area contributed by atoms with Crippen molar-refractivity contribution in [1.82, 2.24) is 19.6 Å². The lowest BCUT2D eigenvalue weighted by atomic mass is 9.72. The lowest BCUT2D eigenvalue weighted by molar-refractivity contribution is 0.0886. The number of piperidine rings is 1. The molecule has 2 aromatic heterocycles. The van der Waals surface area contributed by atoms with Gasteiger partial charge in [-0.25, -0.2) is 0 Å². The molecule has 2 aliphatic heterocycles. The molecule has 0 atom stereocenters. The molecule has 0 aliphatic carbocycles. The fourth-order valence-electron chi connectivity index (χ4n) is 5.09. The highest BCUT2D eigenvalue weighted by Crippen LogP contribution is 2.40. The Kier molecular flexibility index (Phi) is 4.94. The van der Waals surface area contributed by atoms with Crippen molar-refractivity contribution in [2.45, 2.75) is 37.9 Å². The van der Waals surface area contributed by atoms with Gasteiger partial charge in [-0.3, -0.25) is 24.4 Å². The quantitative estimate of drug-likeness (QED) is 0.720. The number of rotatable bonds is 4. The molecule has 0 unspecified atom stereocenters. The van der Waals surface area contributed by atoms with E-state index in [2.05, 4.69) is 62.7 Å². The molecular weight excluding hydrogens is 380 g/mol. The van der Waals surface area contributed by atoms with E-state index in [1.54, 1.807) is 16.0 Å². The Morgan fingerprint density at radius 2 is 1.83 bits per heavy atom. The first-order valence-corrected chi connectivity index (χ1v) is 11.3. The second kappa shape index (κ2) is 7.59. The molecule has 3 aromatic rings. The molecule has 1 spiro atoms. The van der Waals surface area contributed by atoms with Gasteiger partial charge in [-0.2, -0.15) is 0 Å². The molecule has 29 heavy (non-hydrogen) atoms. The second-order valence-corrected chi connectivity index (χ2v) is 9.63. The van der Waals surface area contributed by atoms with Crippen LogP contribution in [0.25, 0.3) is 0 Å². The van der Waals surface area contributed by atoms with Crippen LogP contribution in [0, 0.1) is 0 Å². The van der Waals surface area contributed by atoms with Crippen LogP contribution in [-0.2, 0) is 32.1 Å². The molecule has 4 heterocycles. The highest BCUT2D eigenvalue weighted by Gasteiger charge is 2.44. The maximum atomic E-state index is 12.8. The van der Waals surface area contributed by atoms with Crippen molar-refractivity contribution in [3.05, 3.63) is 79.9 Å². The molecular formula is C23H28N4OS. The van der Waals surface area contributed by atoms with Crippen LogP contribution in [0.2, 0.25) is 0 Å². The van der Waals surface area contributed by atoms with E-state index < -0.39 is 0 Å². The molecule has 6 heteroatoms. The van der Waals surface area contributed by atoms with Crippen molar-refractivity contribution in [1.29, 1.82) is 0 Å². The van der Waals surface area contributed by atoms with Crippen molar-refractivity contribution in [2.75, 3.05) is 19.6 Å². The van der Waals surface area contributed by atoms with E-state index in [-0.39, 0.29) is 11.0 Å².